The fraction of sp³-hybridized carbons (Fsp3) is 0.841. The molecule has 0 radical (unpaired) electrons. The van der Waals surface area contributed by atoms with E-state index in [1.54, 1.807) is 17.9 Å². The number of sulfonamides is 1. The first-order valence-electron chi connectivity index (χ1n) is 22.3. The van der Waals surface area contributed by atoms with Gasteiger partial charge in [-0.3, -0.25) is 33.6 Å². The molecule has 7 aliphatic rings. The molecule has 0 bridgehead atoms. The van der Waals surface area contributed by atoms with Gasteiger partial charge in [-0.1, -0.05) is 79.7 Å². The number of nitrogens with one attached hydrogen (secondary N) is 4. The molecule has 2 aliphatic heterocycles. The third-order valence-electron chi connectivity index (χ3n) is 16.7. The fourth-order valence-electron chi connectivity index (χ4n) is 12.0. The standard InChI is InChI=1S/C44H70N6O7S/c1-9-29-25-44(29,38(55)48-58(56,57)41(8)22-23-41)47-35(52)31-26-43(40(6,7)42(43)20-16-21-42)27-50(31)37(54)33(39(3,4)5)46-36(53)32(28-17-12-11-13-18-28)45-34(51)30-19-14-15-24-49(30)10-2/h9,28-33H,1,10-27H2,2-8H3,(H,45,51)(H,46,53)(H,47,52)(H,48,55)/t29-,30+,31+,32+,33-,43-,44-/m1/s1. The zero-order chi connectivity index (χ0) is 42.3. The Morgan fingerprint density at radius 2 is 1.48 bits per heavy atom. The summed E-state index contributed by atoms with van der Waals surface area (Å²) in [6.07, 6.45) is 13.6. The van der Waals surface area contributed by atoms with Crippen molar-refractivity contribution < 1.29 is 32.4 Å². The highest BCUT2D eigenvalue weighted by Crippen LogP contribution is 2.88. The van der Waals surface area contributed by atoms with Crippen LogP contribution in [-0.2, 0) is 34.0 Å². The number of hydrogen-bond acceptors (Lipinski definition) is 8. The van der Waals surface area contributed by atoms with Gasteiger partial charge in [-0.05, 0) is 106 Å². The van der Waals surface area contributed by atoms with Crippen molar-refractivity contribution in [2.45, 2.75) is 179 Å². The Morgan fingerprint density at radius 1 is 0.828 bits per heavy atom. The van der Waals surface area contributed by atoms with Crippen molar-refractivity contribution in [1.29, 1.82) is 0 Å². The van der Waals surface area contributed by atoms with Crippen LogP contribution in [0.1, 0.15) is 145 Å². The maximum absolute atomic E-state index is 15.2. The van der Waals surface area contributed by atoms with Gasteiger partial charge in [0.1, 0.15) is 23.7 Å². The average Bonchev–Trinajstić information content (AvgIpc) is 4.09. The average molecular weight is 827 g/mol. The maximum Gasteiger partial charge on any atom is 0.259 e. The summed E-state index contributed by atoms with van der Waals surface area (Å²) in [7, 11) is -3.97. The van der Waals surface area contributed by atoms with Crippen LogP contribution in [-0.4, -0.2) is 102 Å². The summed E-state index contributed by atoms with van der Waals surface area (Å²) in [5.74, 6) is -2.70. The minimum atomic E-state index is -3.97. The molecular formula is C44H70N6O7S. The zero-order valence-corrected chi connectivity index (χ0v) is 37.0. The summed E-state index contributed by atoms with van der Waals surface area (Å²) in [6.45, 7) is 19.6. The van der Waals surface area contributed by atoms with Gasteiger partial charge in [-0.2, -0.15) is 0 Å². The highest BCUT2D eigenvalue weighted by molar-refractivity contribution is 7.91. The van der Waals surface area contributed by atoms with Crippen LogP contribution in [0.15, 0.2) is 12.7 Å². The number of likely N-dealkylation sites (N-methyl/N-ethyl adjacent to an activating group) is 1. The van der Waals surface area contributed by atoms with E-state index in [1.165, 1.54) is 0 Å². The molecule has 58 heavy (non-hydrogen) atoms. The fourth-order valence-corrected chi connectivity index (χ4v) is 13.3. The molecule has 0 unspecified atom stereocenters. The topological polar surface area (TPSA) is 174 Å². The number of nitrogens with zero attached hydrogens (tertiary/aromatic N) is 2. The Kier molecular flexibility index (Phi) is 11.1. The van der Waals surface area contributed by atoms with Crippen molar-refractivity contribution in [2.75, 3.05) is 19.6 Å². The molecule has 0 aromatic rings. The predicted octanol–water partition coefficient (Wildman–Crippen LogP) is 4.31. The van der Waals surface area contributed by atoms with E-state index in [9.17, 15) is 27.6 Å². The molecule has 0 aromatic carbocycles. The third-order valence-corrected chi connectivity index (χ3v) is 18.9. The maximum atomic E-state index is 15.2. The summed E-state index contributed by atoms with van der Waals surface area (Å²) in [4.78, 5) is 76.2. The first-order chi connectivity index (χ1) is 27.1. The van der Waals surface area contributed by atoms with Crippen molar-refractivity contribution in [3.8, 4) is 0 Å². The van der Waals surface area contributed by atoms with Gasteiger partial charge in [0.2, 0.25) is 33.7 Å². The van der Waals surface area contributed by atoms with Crippen molar-refractivity contribution in [3.63, 3.8) is 0 Å². The number of rotatable bonds is 13. The molecule has 7 fully saturated rings. The predicted molar refractivity (Wildman–Crippen MR) is 221 cm³/mol. The molecule has 7 atom stereocenters. The molecule has 324 valence electrons. The van der Waals surface area contributed by atoms with Crippen LogP contribution in [0, 0.1) is 33.5 Å². The van der Waals surface area contributed by atoms with E-state index in [4.69, 9.17) is 0 Å². The van der Waals surface area contributed by atoms with Gasteiger partial charge in [0.15, 0.2) is 0 Å². The smallest absolute Gasteiger partial charge is 0.259 e. The van der Waals surface area contributed by atoms with Crippen molar-refractivity contribution in [1.82, 2.24) is 30.5 Å². The lowest BCUT2D eigenvalue weighted by Crippen LogP contribution is -2.63. The summed E-state index contributed by atoms with van der Waals surface area (Å²) < 4.78 is 27.5. The number of fused-ring (bicyclic) bond motifs is 1. The van der Waals surface area contributed by atoms with Crippen molar-refractivity contribution >= 4 is 39.6 Å². The molecule has 5 amide bonds. The summed E-state index contributed by atoms with van der Waals surface area (Å²) in [6, 6.07) is -3.05. The van der Waals surface area contributed by atoms with Gasteiger partial charge in [0.25, 0.3) is 5.91 Å². The van der Waals surface area contributed by atoms with Gasteiger partial charge in [0.05, 0.1) is 10.8 Å². The Hall–Kier alpha value is -3.00. The Labute approximate surface area is 346 Å². The number of amides is 5. The molecule has 2 saturated heterocycles. The lowest BCUT2D eigenvalue weighted by Gasteiger charge is -2.39. The molecule has 0 aromatic heterocycles. The van der Waals surface area contributed by atoms with Gasteiger partial charge in [0, 0.05) is 17.9 Å². The van der Waals surface area contributed by atoms with Crippen LogP contribution in [0.4, 0.5) is 0 Å². The van der Waals surface area contributed by atoms with E-state index in [1.807, 2.05) is 20.8 Å². The third kappa shape index (κ3) is 6.91. The second kappa shape index (κ2) is 14.9. The van der Waals surface area contributed by atoms with E-state index in [0.29, 0.717) is 25.8 Å². The van der Waals surface area contributed by atoms with E-state index in [2.05, 4.69) is 52.9 Å². The normalized spacial score (nSPS) is 33.3. The largest absolute Gasteiger partial charge is 0.343 e. The Balaban J connectivity index is 1.16. The lowest BCUT2D eigenvalue weighted by molar-refractivity contribution is -0.145. The van der Waals surface area contributed by atoms with Crippen molar-refractivity contribution in [3.05, 3.63) is 12.7 Å². The number of carbonyl (C=O) groups excluding carboxylic acids is 5. The Bertz CT molecular complexity index is 1810. The molecular weight excluding hydrogens is 757 g/mol. The van der Waals surface area contributed by atoms with Gasteiger partial charge in [-0.25, -0.2) is 8.42 Å². The second-order valence-corrected chi connectivity index (χ2v) is 23.2. The van der Waals surface area contributed by atoms with Crippen LogP contribution < -0.4 is 20.7 Å². The van der Waals surface area contributed by atoms with Gasteiger partial charge >= 0.3 is 0 Å². The first kappa shape index (κ1) is 43.1. The summed E-state index contributed by atoms with van der Waals surface area (Å²) in [5.41, 5.74) is -2.74. The number of likely N-dealkylation sites (tertiary alicyclic amines) is 2. The van der Waals surface area contributed by atoms with Crippen LogP contribution in [0.5, 0.6) is 0 Å². The number of carbonyl (C=O) groups is 5. The SMILES string of the molecule is C=C[C@@H]1C[C@]1(NC(=O)[C@@H]1C[C@@]2(CN1C(=O)[C@@H](NC(=O)[C@@H](NC(=O)[C@@H]1CCCCN1CC)C1CCCCC1)C(C)(C)C)C(C)(C)C21CCC1)C(=O)NS(=O)(=O)C1(C)CC1. The minimum absolute atomic E-state index is 0.0119. The monoisotopic (exact) mass is 827 g/mol. The second-order valence-electron chi connectivity index (χ2n) is 21.1. The van der Waals surface area contributed by atoms with Crippen LogP contribution in [0.3, 0.4) is 0 Å². The van der Waals surface area contributed by atoms with E-state index < -0.39 is 61.6 Å². The lowest BCUT2D eigenvalue weighted by atomic mass is 9.73. The number of hydrogen-bond donors (Lipinski definition) is 4. The molecule has 5 aliphatic carbocycles. The molecule has 2 heterocycles. The highest BCUT2D eigenvalue weighted by Gasteiger charge is 2.85. The van der Waals surface area contributed by atoms with E-state index >= 15 is 4.79 Å². The molecule has 13 nitrogen and oxygen atoms in total. The number of piperidine rings is 1. The van der Waals surface area contributed by atoms with Gasteiger partial charge in [-0.15, -0.1) is 6.58 Å². The van der Waals surface area contributed by atoms with E-state index in [-0.39, 0.29) is 52.3 Å². The Morgan fingerprint density at radius 3 is 2.02 bits per heavy atom. The van der Waals surface area contributed by atoms with Crippen molar-refractivity contribution in [2.24, 2.45) is 33.5 Å². The first-order valence-corrected chi connectivity index (χ1v) is 23.8. The van der Waals surface area contributed by atoms with Crippen LogP contribution in [0.25, 0.3) is 0 Å². The summed E-state index contributed by atoms with van der Waals surface area (Å²) >= 11 is 0. The quantitative estimate of drug-likeness (QED) is 0.199. The molecule has 4 N–H and O–H groups in total. The van der Waals surface area contributed by atoms with Crippen LogP contribution >= 0.6 is 0 Å². The molecule has 2 spiro atoms. The molecule has 7 rings (SSSR count). The molecule has 14 heteroatoms. The van der Waals surface area contributed by atoms with E-state index in [0.717, 1.165) is 83.7 Å². The van der Waals surface area contributed by atoms with Gasteiger partial charge < -0.3 is 20.9 Å². The van der Waals surface area contributed by atoms with Crippen LogP contribution in [0.2, 0.25) is 0 Å². The highest BCUT2D eigenvalue weighted by atomic mass is 32.2. The zero-order valence-electron chi connectivity index (χ0n) is 36.1. The minimum Gasteiger partial charge on any atom is -0.343 e. The summed E-state index contributed by atoms with van der Waals surface area (Å²) in [5, 5.41) is 9.30. The molecule has 5 saturated carbocycles.